The van der Waals surface area contributed by atoms with E-state index in [1.165, 1.54) is 0 Å². The van der Waals surface area contributed by atoms with E-state index < -0.39 is 0 Å². The molecule has 2 atom stereocenters. The quantitative estimate of drug-likeness (QED) is 0.335. The van der Waals surface area contributed by atoms with Crippen molar-refractivity contribution in [2.24, 2.45) is 0 Å². The van der Waals surface area contributed by atoms with Crippen molar-refractivity contribution in [3.05, 3.63) is 113 Å². The molecule has 0 saturated carbocycles. The SMILES string of the molecule is O=C(N[C@@H]1CCCN2c3cc(Cl)ccc3Oc3ccccc3[C@@H]12)c1ccc(-c2ccccc2)cc1. The lowest BCUT2D eigenvalue weighted by atomic mass is 9.89. The molecule has 1 N–H and O–H groups in total. The third-order valence-corrected chi connectivity index (χ3v) is 7.12. The molecule has 2 aliphatic rings. The van der Waals surface area contributed by atoms with Crippen molar-refractivity contribution < 1.29 is 9.53 Å². The van der Waals surface area contributed by atoms with Gasteiger partial charge in [-0.25, -0.2) is 0 Å². The molecule has 0 bridgehead atoms. The summed E-state index contributed by atoms with van der Waals surface area (Å²) < 4.78 is 6.33. The summed E-state index contributed by atoms with van der Waals surface area (Å²) in [6, 6.07) is 31.7. The van der Waals surface area contributed by atoms with Gasteiger partial charge >= 0.3 is 0 Å². The second kappa shape index (κ2) is 9.12. The van der Waals surface area contributed by atoms with Gasteiger partial charge in [0.15, 0.2) is 5.75 Å². The molecule has 0 spiro atoms. The number of para-hydroxylation sites is 1. The highest BCUT2D eigenvalue weighted by molar-refractivity contribution is 6.31. The average Bonchev–Trinajstić information content (AvgIpc) is 3.04. The van der Waals surface area contributed by atoms with Gasteiger partial charge in [-0.3, -0.25) is 4.79 Å². The number of fused-ring (bicyclic) bond motifs is 5. The lowest BCUT2D eigenvalue weighted by molar-refractivity contribution is 0.0923. The first kappa shape index (κ1) is 21.8. The van der Waals surface area contributed by atoms with Crippen LogP contribution in [-0.4, -0.2) is 18.5 Å². The summed E-state index contributed by atoms with van der Waals surface area (Å²) in [6.07, 6.45) is 1.85. The molecular weight excluding hydrogens is 456 g/mol. The highest BCUT2D eigenvalue weighted by Crippen LogP contribution is 2.48. The fourth-order valence-corrected chi connectivity index (χ4v) is 5.40. The number of hydrogen-bond acceptors (Lipinski definition) is 3. The summed E-state index contributed by atoms with van der Waals surface area (Å²) in [5.41, 5.74) is 4.92. The van der Waals surface area contributed by atoms with E-state index in [1.807, 2.05) is 78.9 Å². The molecule has 6 rings (SSSR count). The number of nitrogens with one attached hydrogen (secondary N) is 1. The Balaban J connectivity index is 1.31. The van der Waals surface area contributed by atoms with Gasteiger partial charge < -0.3 is 15.0 Å². The van der Waals surface area contributed by atoms with Crippen LogP contribution in [0.3, 0.4) is 0 Å². The van der Waals surface area contributed by atoms with E-state index in [4.69, 9.17) is 16.3 Å². The molecule has 5 heteroatoms. The first-order valence-electron chi connectivity index (χ1n) is 12.0. The van der Waals surface area contributed by atoms with Crippen LogP contribution in [0.15, 0.2) is 97.1 Å². The van der Waals surface area contributed by atoms with Crippen LogP contribution in [-0.2, 0) is 0 Å². The zero-order chi connectivity index (χ0) is 23.8. The molecule has 35 heavy (non-hydrogen) atoms. The highest BCUT2D eigenvalue weighted by Gasteiger charge is 2.38. The molecule has 174 valence electrons. The van der Waals surface area contributed by atoms with Crippen molar-refractivity contribution in [3.8, 4) is 22.6 Å². The summed E-state index contributed by atoms with van der Waals surface area (Å²) >= 11 is 6.38. The molecule has 0 aromatic heterocycles. The summed E-state index contributed by atoms with van der Waals surface area (Å²) in [5, 5.41) is 4.01. The van der Waals surface area contributed by atoms with Crippen molar-refractivity contribution >= 4 is 23.2 Å². The van der Waals surface area contributed by atoms with E-state index in [2.05, 4.69) is 28.4 Å². The van der Waals surface area contributed by atoms with Crippen molar-refractivity contribution in [1.82, 2.24) is 5.32 Å². The molecule has 1 saturated heterocycles. The van der Waals surface area contributed by atoms with Crippen LogP contribution in [0.2, 0.25) is 5.02 Å². The number of rotatable bonds is 3. The van der Waals surface area contributed by atoms with Gasteiger partial charge in [0.2, 0.25) is 0 Å². The zero-order valence-electron chi connectivity index (χ0n) is 19.2. The molecule has 0 unspecified atom stereocenters. The Morgan fingerprint density at radius 3 is 2.43 bits per heavy atom. The van der Waals surface area contributed by atoms with Crippen molar-refractivity contribution in [3.63, 3.8) is 0 Å². The molecule has 4 aromatic rings. The van der Waals surface area contributed by atoms with Gasteiger partial charge in [-0.1, -0.05) is 72.3 Å². The first-order valence-corrected chi connectivity index (χ1v) is 12.3. The molecule has 4 nitrogen and oxygen atoms in total. The predicted octanol–water partition coefficient (Wildman–Crippen LogP) is 7.25. The Morgan fingerprint density at radius 2 is 1.60 bits per heavy atom. The van der Waals surface area contributed by atoms with Gasteiger partial charge in [-0.05, 0) is 60.4 Å². The van der Waals surface area contributed by atoms with E-state index >= 15 is 0 Å². The maximum absolute atomic E-state index is 13.4. The van der Waals surface area contributed by atoms with E-state index in [-0.39, 0.29) is 18.0 Å². The summed E-state index contributed by atoms with van der Waals surface area (Å²) in [5.74, 6) is 1.54. The predicted molar refractivity (Wildman–Crippen MR) is 140 cm³/mol. The molecule has 2 heterocycles. The Kier molecular flexibility index (Phi) is 5.67. The number of nitrogens with zero attached hydrogens (tertiary/aromatic N) is 1. The number of halogens is 1. The smallest absolute Gasteiger partial charge is 0.251 e. The van der Waals surface area contributed by atoms with E-state index in [1.54, 1.807) is 0 Å². The number of ether oxygens (including phenoxy) is 1. The third kappa shape index (κ3) is 4.15. The van der Waals surface area contributed by atoms with Gasteiger partial charge in [-0.15, -0.1) is 0 Å². The van der Waals surface area contributed by atoms with Gasteiger partial charge in [0.25, 0.3) is 5.91 Å². The van der Waals surface area contributed by atoms with Crippen LogP contribution in [0.1, 0.15) is 34.8 Å². The Hall–Kier alpha value is -3.76. The molecule has 1 fully saturated rings. The summed E-state index contributed by atoms with van der Waals surface area (Å²) in [4.78, 5) is 15.7. The fourth-order valence-electron chi connectivity index (χ4n) is 5.24. The summed E-state index contributed by atoms with van der Waals surface area (Å²) in [7, 11) is 0. The van der Waals surface area contributed by atoms with Crippen molar-refractivity contribution in [2.75, 3.05) is 11.4 Å². The number of carbonyl (C=O) groups excluding carboxylic acids is 1. The van der Waals surface area contributed by atoms with Crippen LogP contribution in [0, 0.1) is 0 Å². The van der Waals surface area contributed by atoms with Gasteiger partial charge in [-0.2, -0.15) is 0 Å². The molecule has 1 amide bonds. The molecule has 4 aromatic carbocycles. The number of hydrogen-bond donors (Lipinski definition) is 1. The van der Waals surface area contributed by atoms with Crippen LogP contribution in [0.5, 0.6) is 11.5 Å². The Labute approximate surface area is 210 Å². The summed E-state index contributed by atoms with van der Waals surface area (Å²) in [6.45, 7) is 0.869. The number of carbonyl (C=O) groups is 1. The van der Waals surface area contributed by atoms with Crippen LogP contribution in [0.4, 0.5) is 5.69 Å². The van der Waals surface area contributed by atoms with Crippen LogP contribution >= 0.6 is 11.6 Å². The minimum atomic E-state index is -0.0697. The van der Waals surface area contributed by atoms with Gasteiger partial charge in [0.1, 0.15) is 5.75 Å². The lowest BCUT2D eigenvalue weighted by Gasteiger charge is -2.42. The number of piperidine rings is 1. The maximum atomic E-state index is 13.4. The molecule has 2 aliphatic heterocycles. The number of anilines is 1. The minimum absolute atomic E-state index is 0.0489. The number of amides is 1. The minimum Gasteiger partial charge on any atom is -0.455 e. The lowest BCUT2D eigenvalue weighted by Crippen LogP contribution is -2.50. The highest BCUT2D eigenvalue weighted by atomic mass is 35.5. The van der Waals surface area contributed by atoms with E-state index in [0.29, 0.717) is 10.6 Å². The van der Waals surface area contributed by atoms with Gasteiger partial charge in [0, 0.05) is 22.7 Å². The second-order valence-corrected chi connectivity index (χ2v) is 9.49. The maximum Gasteiger partial charge on any atom is 0.251 e. The zero-order valence-corrected chi connectivity index (χ0v) is 19.9. The molecular formula is C30H25ClN2O2. The molecule has 0 aliphatic carbocycles. The normalized spacial score (nSPS) is 18.4. The van der Waals surface area contributed by atoms with Crippen molar-refractivity contribution in [1.29, 1.82) is 0 Å². The fraction of sp³-hybridized carbons (Fsp3) is 0.167. The van der Waals surface area contributed by atoms with Crippen LogP contribution < -0.4 is 15.0 Å². The van der Waals surface area contributed by atoms with Crippen molar-refractivity contribution in [2.45, 2.75) is 24.9 Å². The average molecular weight is 481 g/mol. The number of benzene rings is 4. The Bertz CT molecular complexity index is 1370. The van der Waals surface area contributed by atoms with Gasteiger partial charge in [0.05, 0.1) is 17.8 Å². The first-order chi connectivity index (χ1) is 17.2. The second-order valence-electron chi connectivity index (χ2n) is 9.06. The topological polar surface area (TPSA) is 41.6 Å². The van der Waals surface area contributed by atoms with E-state index in [0.717, 1.165) is 53.3 Å². The monoisotopic (exact) mass is 480 g/mol. The third-order valence-electron chi connectivity index (χ3n) is 6.89. The standard InChI is InChI=1S/C30H25ClN2O2/c31-23-16-17-28-26(19-23)33-18-6-10-25(29(33)24-9-4-5-11-27(24)35-28)32-30(34)22-14-12-21(13-15-22)20-7-2-1-3-8-20/h1-5,7-9,11-17,19,25,29H,6,10,18H2,(H,32,34)/t25-,29+/m1/s1. The van der Waals surface area contributed by atoms with Crippen LogP contribution in [0.25, 0.3) is 11.1 Å². The van der Waals surface area contributed by atoms with E-state index in [9.17, 15) is 4.79 Å². The largest absolute Gasteiger partial charge is 0.455 e. The molecule has 0 radical (unpaired) electrons. The Morgan fingerprint density at radius 1 is 0.857 bits per heavy atom.